The van der Waals surface area contributed by atoms with Crippen LogP contribution in [0.2, 0.25) is 0 Å². The van der Waals surface area contributed by atoms with Crippen LogP contribution in [0.5, 0.6) is 0 Å². The molecule has 120 valence electrons. The van der Waals surface area contributed by atoms with Crippen LogP contribution in [0, 0.1) is 0 Å². The standard InChI is InChI=1S/C16H16N2O4S/c1-22-8-14-17-13(9-23-14)15(19)18-6-10-4-2-3-5-11(10)12(7-18)16(20)21/h2-5,9,12H,6-8H2,1H3,(H,20,21). The lowest BCUT2D eigenvalue weighted by Crippen LogP contribution is -2.40. The molecule has 2 heterocycles. The fourth-order valence-electron chi connectivity index (χ4n) is 2.73. The maximum atomic E-state index is 12.6. The van der Waals surface area contributed by atoms with E-state index in [1.165, 1.54) is 11.3 Å². The molecule has 3 rings (SSSR count). The second-order valence-electron chi connectivity index (χ2n) is 5.33. The Morgan fingerprint density at radius 3 is 2.96 bits per heavy atom. The van der Waals surface area contributed by atoms with Crippen molar-refractivity contribution in [3.63, 3.8) is 0 Å². The van der Waals surface area contributed by atoms with Crippen molar-refractivity contribution in [1.82, 2.24) is 9.88 Å². The number of rotatable bonds is 4. The van der Waals surface area contributed by atoms with Crippen molar-refractivity contribution >= 4 is 23.2 Å². The second kappa shape index (κ2) is 6.47. The molecular formula is C16H16N2O4S. The van der Waals surface area contributed by atoms with E-state index in [4.69, 9.17) is 4.74 Å². The van der Waals surface area contributed by atoms with E-state index in [0.29, 0.717) is 18.8 Å². The number of ether oxygens (including phenoxy) is 1. The van der Waals surface area contributed by atoms with Crippen LogP contribution in [-0.2, 0) is 22.7 Å². The molecule has 1 aromatic carbocycles. The van der Waals surface area contributed by atoms with Crippen molar-refractivity contribution in [2.75, 3.05) is 13.7 Å². The third-order valence-corrected chi connectivity index (χ3v) is 4.64. The number of aliphatic carboxylic acids is 1. The number of benzene rings is 1. The average molecular weight is 332 g/mol. The minimum absolute atomic E-state index is 0.155. The first-order valence-electron chi connectivity index (χ1n) is 7.13. The zero-order valence-corrected chi connectivity index (χ0v) is 13.4. The Morgan fingerprint density at radius 2 is 2.22 bits per heavy atom. The van der Waals surface area contributed by atoms with Gasteiger partial charge in [-0.25, -0.2) is 4.98 Å². The fraction of sp³-hybridized carbons (Fsp3) is 0.312. The van der Waals surface area contributed by atoms with Gasteiger partial charge in [-0.15, -0.1) is 11.3 Å². The highest BCUT2D eigenvalue weighted by Crippen LogP contribution is 2.29. The number of methoxy groups -OCH3 is 1. The first-order chi connectivity index (χ1) is 11.1. The van der Waals surface area contributed by atoms with E-state index in [1.807, 2.05) is 24.3 Å². The quantitative estimate of drug-likeness (QED) is 0.927. The molecule has 6 nitrogen and oxygen atoms in total. The molecule has 0 radical (unpaired) electrons. The highest BCUT2D eigenvalue weighted by Gasteiger charge is 2.33. The molecule has 0 fully saturated rings. The summed E-state index contributed by atoms with van der Waals surface area (Å²) in [6.07, 6.45) is 0. The van der Waals surface area contributed by atoms with Gasteiger partial charge in [-0.1, -0.05) is 24.3 Å². The van der Waals surface area contributed by atoms with Crippen molar-refractivity contribution in [3.05, 3.63) is 51.5 Å². The molecule has 1 N–H and O–H groups in total. The first-order valence-corrected chi connectivity index (χ1v) is 8.01. The number of carbonyl (C=O) groups excluding carboxylic acids is 1. The average Bonchev–Trinajstić information content (AvgIpc) is 3.02. The van der Waals surface area contributed by atoms with Gasteiger partial charge in [0.15, 0.2) is 0 Å². The summed E-state index contributed by atoms with van der Waals surface area (Å²) in [4.78, 5) is 30.0. The molecule has 1 unspecified atom stereocenters. The van der Waals surface area contributed by atoms with Gasteiger partial charge in [0.2, 0.25) is 0 Å². The number of carbonyl (C=O) groups is 2. The predicted octanol–water partition coefficient (Wildman–Crippen LogP) is 2.11. The highest BCUT2D eigenvalue weighted by atomic mass is 32.1. The van der Waals surface area contributed by atoms with E-state index in [0.717, 1.165) is 16.1 Å². The van der Waals surface area contributed by atoms with Gasteiger partial charge < -0.3 is 14.7 Å². The molecule has 1 amide bonds. The van der Waals surface area contributed by atoms with Crippen LogP contribution < -0.4 is 0 Å². The maximum Gasteiger partial charge on any atom is 0.312 e. The summed E-state index contributed by atoms with van der Waals surface area (Å²) in [6, 6.07) is 7.35. The lowest BCUT2D eigenvalue weighted by atomic mass is 9.89. The van der Waals surface area contributed by atoms with Gasteiger partial charge in [-0.05, 0) is 11.1 Å². The highest BCUT2D eigenvalue weighted by molar-refractivity contribution is 7.09. The Morgan fingerprint density at radius 1 is 1.43 bits per heavy atom. The minimum atomic E-state index is -0.923. The van der Waals surface area contributed by atoms with Crippen molar-refractivity contribution in [3.8, 4) is 0 Å². The summed E-state index contributed by atoms with van der Waals surface area (Å²) < 4.78 is 5.01. The largest absolute Gasteiger partial charge is 0.481 e. The van der Waals surface area contributed by atoms with E-state index in [1.54, 1.807) is 17.4 Å². The van der Waals surface area contributed by atoms with Gasteiger partial charge in [0.05, 0.1) is 12.5 Å². The topological polar surface area (TPSA) is 79.7 Å². The number of hydrogen-bond donors (Lipinski definition) is 1. The molecule has 0 saturated heterocycles. The molecule has 0 aliphatic carbocycles. The number of aromatic nitrogens is 1. The van der Waals surface area contributed by atoms with Gasteiger partial charge in [-0.3, -0.25) is 9.59 Å². The SMILES string of the molecule is COCc1nc(C(=O)N2Cc3ccccc3C(C(=O)O)C2)cs1. The van der Waals surface area contributed by atoms with Crippen LogP contribution in [0.15, 0.2) is 29.6 Å². The molecule has 1 aromatic heterocycles. The van der Waals surface area contributed by atoms with Crippen molar-refractivity contribution in [2.24, 2.45) is 0 Å². The molecule has 2 aromatic rings. The molecule has 23 heavy (non-hydrogen) atoms. The van der Waals surface area contributed by atoms with E-state index in [2.05, 4.69) is 4.98 Å². The van der Waals surface area contributed by atoms with Crippen molar-refractivity contribution < 1.29 is 19.4 Å². The van der Waals surface area contributed by atoms with Gasteiger partial charge in [0.1, 0.15) is 10.7 Å². The van der Waals surface area contributed by atoms with Gasteiger partial charge in [-0.2, -0.15) is 0 Å². The summed E-state index contributed by atoms with van der Waals surface area (Å²) in [7, 11) is 1.57. The van der Waals surface area contributed by atoms with Gasteiger partial charge >= 0.3 is 5.97 Å². The van der Waals surface area contributed by atoms with E-state index >= 15 is 0 Å². The summed E-state index contributed by atoms with van der Waals surface area (Å²) >= 11 is 1.36. The molecule has 1 atom stereocenters. The number of fused-ring (bicyclic) bond motifs is 1. The predicted molar refractivity (Wildman–Crippen MR) is 84.4 cm³/mol. The summed E-state index contributed by atoms with van der Waals surface area (Å²) in [5.74, 6) is -1.88. The molecule has 0 spiro atoms. The molecular weight excluding hydrogens is 316 g/mol. The maximum absolute atomic E-state index is 12.6. The molecule has 0 bridgehead atoms. The minimum Gasteiger partial charge on any atom is -0.481 e. The normalized spacial score (nSPS) is 16.9. The number of carboxylic acids is 1. The molecule has 7 heteroatoms. The number of thiazole rings is 1. The summed E-state index contributed by atoms with van der Waals surface area (Å²) in [5.41, 5.74) is 1.99. The third-order valence-electron chi connectivity index (χ3n) is 3.82. The Hall–Kier alpha value is -2.25. The third kappa shape index (κ3) is 3.11. The van der Waals surface area contributed by atoms with E-state index in [9.17, 15) is 14.7 Å². The van der Waals surface area contributed by atoms with Crippen molar-refractivity contribution in [2.45, 2.75) is 19.1 Å². The smallest absolute Gasteiger partial charge is 0.312 e. The van der Waals surface area contributed by atoms with Crippen LogP contribution in [0.3, 0.4) is 0 Å². The fourth-order valence-corrected chi connectivity index (χ4v) is 3.47. The number of carboxylic acid groups (broad SMARTS) is 1. The molecule has 1 aliphatic heterocycles. The Kier molecular flexibility index (Phi) is 4.40. The zero-order valence-electron chi connectivity index (χ0n) is 12.6. The Labute approximate surface area is 137 Å². The Balaban J connectivity index is 1.86. The lowest BCUT2D eigenvalue weighted by Gasteiger charge is -2.32. The van der Waals surface area contributed by atoms with Crippen LogP contribution >= 0.6 is 11.3 Å². The number of nitrogens with zero attached hydrogens (tertiary/aromatic N) is 2. The number of amides is 1. The number of hydrogen-bond acceptors (Lipinski definition) is 5. The Bertz CT molecular complexity index is 743. The van der Waals surface area contributed by atoms with Crippen LogP contribution in [-0.4, -0.2) is 40.5 Å². The molecule has 1 aliphatic rings. The van der Waals surface area contributed by atoms with Crippen molar-refractivity contribution in [1.29, 1.82) is 0 Å². The van der Waals surface area contributed by atoms with Crippen LogP contribution in [0.25, 0.3) is 0 Å². The zero-order chi connectivity index (χ0) is 16.4. The van der Waals surface area contributed by atoms with Crippen LogP contribution in [0.1, 0.15) is 32.5 Å². The summed E-state index contributed by atoms with van der Waals surface area (Å²) in [6.45, 7) is 0.913. The van der Waals surface area contributed by atoms with Gasteiger partial charge in [0, 0.05) is 25.6 Å². The summed E-state index contributed by atoms with van der Waals surface area (Å²) in [5, 5.41) is 11.9. The van der Waals surface area contributed by atoms with Gasteiger partial charge in [0.25, 0.3) is 5.91 Å². The first kappa shape index (κ1) is 15.6. The van der Waals surface area contributed by atoms with E-state index in [-0.39, 0.29) is 12.5 Å². The van der Waals surface area contributed by atoms with E-state index < -0.39 is 11.9 Å². The monoisotopic (exact) mass is 332 g/mol. The second-order valence-corrected chi connectivity index (χ2v) is 6.28. The van der Waals surface area contributed by atoms with Crippen LogP contribution in [0.4, 0.5) is 0 Å². The molecule has 0 saturated carbocycles. The lowest BCUT2D eigenvalue weighted by molar-refractivity contribution is -0.139.